The van der Waals surface area contributed by atoms with Crippen molar-refractivity contribution in [2.75, 3.05) is 27.1 Å². The van der Waals surface area contributed by atoms with E-state index in [0.717, 1.165) is 16.8 Å². The summed E-state index contributed by atoms with van der Waals surface area (Å²) in [6.07, 6.45) is 1.48. The summed E-state index contributed by atoms with van der Waals surface area (Å²) in [7, 11) is 4.62. The van der Waals surface area contributed by atoms with Crippen molar-refractivity contribution < 1.29 is 19.0 Å². The van der Waals surface area contributed by atoms with Crippen LogP contribution in [0.1, 0.15) is 11.1 Å². The zero-order valence-electron chi connectivity index (χ0n) is 21.3. The van der Waals surface area contributed by atoms with Gasteiger partial charge in [0, 0.05) is 27.9 Å². The van der Waals surface area contributed by atoms with Gasteiger partial charge < -0.3 is 14.2 Å². The summed E-state index contributed by atoms with van der Waals surface area (Å²) in [5.74, 6) is 1.98. The van der Waals surface area contributed by atoms with Gasteiger partial charge in [0.2, 0.25) is 0 Å². The molecule has 0 spiro atoms. The number of hydrazone groups is 1. The Labute approximate surface area is 229 Å². The Morgan fingerprint density at radius 2 is 1.63 bits per heavy atom. The van der Waals surface area contributed by atoms with Crippen molar-refractivity contribution in [2.24, 2.45) is 5.10 Å². The number of amides is 1. The molecule has 4 rings (SSSR count). The molecule has 0 fully saturated rings. The highest BCUT2D eigenvalue weighted by atomic mass is 35.5. The van der Waals surface area contributed by atoms with Crippen LogP contribution in [0.25, 0.3) is 17.1 Å². The minimum Gasteiger partial charge on any atom is -0.496 e. The lowest BCUT2D eigenvalue weighted by atomic mass is 10.2. The molecule has 9 nitrogen and oxygen atoms in total. The Bertz CT molecular complexity index is 1440. The Hall–Kier alpha value is -4.02. The third-order valence-electron chi connectivity index (χ3n) is 5.49. The van der Waals surface area contributed by atoms with Gasteiger partial charge in [0.25, 0.3) is 5.91 Å². The zero-order chi connectivity index (χ0) is 27.1. The molecule has 3 aromatic carbocycles. The van der Waals surface area contributed by atoms with Crippen LogP contribution in [0.2, 0.25) is 5.02 Å². The first kappa shape index (κ1) is 27.0. The van der Waals surface area contributed by atoms with Crippen molar-refractivity contribution in [3.8, 4) is 34.3 Å². The van der Waals surface area contributed by atoms with Gasteiger partial charge in [0.05, 0.1) is 33.3 Å². The molecule has 0 unspecified atom stereocenters. The van der Waals surface area contributed by atoms with Crippen molar-refractivity contribution in [3.63, 3.8) is 0 Å². The van der Waals surface area contributed by atoms with Crippen molar-refractivity contribution >= 4 is 35.5 Å². The van der Waals surface area contributed by atoms with Gasteiger partial charge in [-0.15, -0.1) is 10.2 Å². The van der Waals surface area contributed by atoms with Gasteiger partial charge in [-0.05, 0) is 49.4 Å². The minimum absolute atomic E-state index is 0.0744. The van der Waals surface area contributed by atoms with E-state index in [9.17, 15) is 4.79 Å². The Balaban J connectivity index is 1.50. The monoisotopic (exact) mass is 551 g/mol. The van der Waals surface area contributed by atoms with E-state index in [0.29, 0.717) is 38.8 Å². The van der Waals surface area contributed by atoms with Gasteiger partial charge in [-0.1, -0.05) is 41.1 Å². The molecule has 1 heterocycles. The normalized spacial score (nSPS) is 11.0. The molecular formula is C27H26ClN5O4S. The van der Waals surface area contributed by atoms with Gasteiger partial charge in [0.1, 0.15) is 5.75 Å². The number of hydrogen-bond donors (Lipinski definition) is 1. The van der Waals surface area contributed by atoms with Gasteiger partial charge in [-0.2, -0.15) is 5.10 Å². The highest BCUT2D eigenvalue weighted by Gasteiger charge is 2.17. The summed E-state index contributed by atoms with van der Waals surface area (Å²) < 4.78 is 17.9. The third-order valence-corrected chi connectivity index (χ3v) is 6.67. The molecule has 1 aromatic heterocycles. The first-order valence-corrected chi connectivity index (χ1v) is 12.8. The lowest BCUT2D eigenvalue weighted by Gasteiger charge is -2.12. The van der Waals surface area contributed by atoms with Crippen LogP contribution >= 0.6 is 23.4 Å². The molecule has 0 bridgehead atoms. The van der Waals surface area contributed by atoms with Crippen LogP contribution in [0.3, 0.4) is 0 Å². The van der Waals surface area contributed by atoms with Crippen LogP contribution in [0.5, 0.6) is 17.2 Å². The van der Waals surface area contributed by atoms with Crippen LogP contribution in [0.15, 0.2) is 70.9 Å². The average molecular weight is 552 g/mol. The summed E-state index contributed by atoms with van der Waals surface area (Å²) in [4.78, 5) is 12.6. The fraction of sp³-hybridized carbons (Fsp3) is 0.185. The molecule has 0 saturated carbocycles. The second-order valence-electron chi connectivity index (χ2n) is 8.02. The number of benzene rings is 3. The maximum absolute atomic E-state index is 12.6. The molecule has 4 aromatic rings. The fourth-order valence-corrected chi connectivity index (χ4v) is 4.44. The Morgan fingerprint density at radius 3 is 2.29 bits per heavy atom. The van der Waals surface area contributed by atoms with E-state index in [1.165, 1.54) is 32.2 Å². The number of halogens is 1. The molecule has 11 heteroatoms. The summed E-state index contributed by atoms with van der Waals surface area (Å²) in [6, 6.07) is 18.8. The number of carbonyl (C=O) groups excluding carboxylic acids is 1. The van der Waals surface area contributed by atoms with E-state index < -0.39 is 0 Å². The molecule has 1 amide bonds. The van der Waals surface area contributed by atoms with E-state index in [4.69, 9.17) is 25.8 Å². The summed E-state index contributed by atoms with van der Waals surface area (Å²) in [5.41, 5.74) is 6.02. The molecule has 0 aliphatic rings. The maximum Gasteiger partial charge on any atom is 0.250 e. The number of carbonyl (C=O) groups is 1. The second kappa shape index (κ2) is 12.5. The van der Waals surface area contributed by atoms with E-state index in [-0.39, 0.29) is 11.7 Å². The zero-order valence-corrected chi connectivity index (χ0v) is 22.8. The van der Waals surface area contributed by atoms with Crippen LogP contribution in [-0.2, 0) is 4.79 Å². The number of nitrogens with one attached hydrogen (secondary N) is 1. The number of rotatable bonds is 10. The predicted molar refractivity (Wildman–Crippen MR) is 149 cm³/mol. The standard InChI is InChI=1S/C27H26ClN5O4S/c1-17-5-11-21(12-6-17)33-26(18-7-9-20(28)10-8-18)31-32-27(33)38-16-25(34)30-29-15-19-13-23(36-3)24(37-4)14-22(19)35-2/h5-15H,16H2,1-4H3,(H,30,34)/b29-15+. The van der Waals surface area contributed by atoms with Gasteiger partial charge in [-0.3, -0.25) is 9.36 Å². The number of methoxy groups -OCH3 is 3. The van der Waals surface area contributed by atoms with Gasteiger partial charge >= 0.3 is 0 Å². The predicted octanol–water partition coefficient (Wildman–Crippen LogP) is 5.16. The number of thioether (sulfide) groups is 1. The summed E-state index contributed by atoms with van der Waals surface area (Å²) in [5, 5.41) is 14.0. The molecule has 38 heavy (non-hydrogen) atoms. The molecule has 0 radical (unpaired) electrons. The van der Waals surface area contributed by atoms with Crippen LogP contribution in [0.4, 0.5) is 0 Å². The fourth-order valence-electron chi connectivity index (χ4n) is 3.57. The van der Waals surface area contributed by atoms with Gasteiger partial charge in [0.15, 0.2) is 22.5 Å². The Morgan fingerprint density at radius 1 is 0.974 bits per heavy atom. The Kier molecular flexibility index (Phi) is 8.88. The molecular weight excluding hydrogens is 526 g/mol. The quantitative estimate of drug-likeness (QED) is 0.165. The highest BCUT2D eigenvalue weighted by molar-refractivity contribution is 7.99. The van der Waals surface area contributed by atoms with E-state index in [1.807, 2.05) is 47.9 Å². The van der Waals surface area contributed by atoms with Crippen molar-refractivity contribution in [2.45, 2.75) is 12.1 Å². The number of nitrogens with zero attached hydrogens (tertiary/aromatic N) is 4. The SMILES string of the molecule is COc1cc(OC)c(OC)cc1/C=N/NC(=O)CSc1nnc(-c2ccc(Cl)cc2)n1-c1ccc(C)cc1. The van der Waals surface area contributed by atoms with Crippen LogP contribution < -0.4 is 19.6 Å². The van der Waals surface area contributed by atoms with Gasteiger partial charge in [-0.25, -0.2) is 5.43 Å². The third kappa shape index (κ3) is 6.27. The van der Waals surface area contributed by atoms with Crippen LogP contribution in [-0.4, -0.2) is 54.0 Å². The topological polar surface area (TPSA) is 99.9 Å². The minimum atomic E-state index is -0.308. The van der Waals surface area contributed by atoms with Crippen molar-refractivity contribution in [1.82, 2.24) is 20.2 Å². The summed E-state index contributed by atoms with van der Waals surface area (Å²) >= 11 is 7.32. The van der Waals surface area contributed by atoms with E-state index >= 15 is 0 Å². The molecule has 0 aliphatic heterocycles. The second-order valence-corrected chi connectivity index (χ2v) is 9.39. The molecule has 196 valence electrons. The smallest absolute Gasteiger partial charge is 0.250 e. The number of aromatic nitrogens is 3. The molecule has 0 saturated heterocycles. The van der Waals surface area contributed by atoms with E-state index in [2.05, 4.69) is 20.7 Å². The molecule has 0 atom stereocenters. The first-order chi connectivity index (χ1) is 18.4. The average Bonchev–Trinajstić information content (AvgIpc) is 3.36. The van der Waals surface area contributed by atoms with Crippen LogP contribution in [0, 0.1) is 6.92 Å². The van der Waals surface area contributed by atoms with Crippen molar-refractivity contribution in [3.05, 3.63) is 76.8 Å². The number of hydrogen-bond acceptors (Lipinski definition) is 8. The lowest BCUT2D eigenvalue weighted by Crippen LogP contribution is -2.20. The largest absolute Gasteiger partial charge is 0.496 e. The van der Waals surface area contributed by atoms with E-state index in [1.54, 1.807) is 31.4 Å². The lowest BCUT2D eigenvalue weighted by molar-refractivity contribution is -0.118. The molecule has 0 aliphatic carbocycles. The van der Waals surface area contributed by atoms with Crippen molar-refractivity contribution in [1.29, 1.82) is 0 Å². The number of aryl methyl sites for hydroxylation is 1. The maximum atomic E-state index is 12.6. The highest BCUT2D eigenvalue weighted by Crippen LogP contribution is 2.34. The first-order valence-electron chi connectivity index (χ1n) is 11.5. The number of ether oxygens (including phenoxy) is 3. The summed E-state index contributed by atoms with van der Waals surface area (Å²) in [6.45, 7) is 2.02. The molecule has 1 N–H and O–H groups in total.